The van der Waals surface area contributed by atoms with Gasteiger partial charge in [-0.25, -0.2) is 0 Å². The van der Waals surface area contributed by atoms with Crippen molar-refractivity contribution >= 4 is 5.97 Å². The van der Waals surface area contributed by atoms with Gasteiger partial charge in [0.1, 0.15) is 5.60 Å². The van der Waals surface area contributed by atoms with Crippen molar-refractivity contribution < 1.29 is 9.53 Å². The lowest BCUT2D eigenvalue weighted by Crippen LogP contribution is -2.67. The lowest BCUT2D eigenvalue weighted by molar-refractivity contribution is -0.252. The molecule has 4 fully saturated rings. The predicted octanol–water partition coefficient (Wildman–Crippen LogP) is 8.13. The van der Waals surface area contributed by atoms with Crippen molar-refractivity contribution in [1.29, 1.82) is 0 Å². The molecule has 2 nitrogen and oxygen atoms in total. The van der Waals surface area contributed by atoms with Gasteiger partial charge in [-0.15, -0.1) is 0 Å². The van der Waals surface area contributed by atoms with Gasteiger partial charge in [-0.3, -0.25) is 4.79 Å². The van der Waals surface area contributed by atoms with Crippen molar-refractivity contribution in [2.75, 3.05) is 0 Å². The summed E-state index contributed by atoms with van der Waals surface area (Å²) < 4.78 is 6.58. The minimum absolute atomic E-state index is 0.0480. The SMILES string of the molecule is CCC(C)(C)CC(C1=CCC(C(=O)OC2(CC)C3CC4CC5CC2C45C3)C=C1)C(C)(C)CC. The van der Waals surface area contributed by atoms with Gasteiger partial charge < -0.3 is 4.74 Å². The van der Waals surface area contributed by atoms with Crippen molar-refractivity contribution in [3.8, 4) is 0 Å². The molecule has 0 N–H and O–H groups in total. The molecule has 0 aromatic rings. The van der Waals surface area contributed by atoms with Crippen LogP contribution in [-0.4, -0.2) is 11.6 Å². The van der Waals surface area contributed by atoms with Crippen LogP contribution in [0.15, 0.2) is 23.8 Å². The zero-order valence-corrected chi connectivity index (χ0v) is 22.4. The maximum atomic E-state index is 13.5. The van der Waals surface area contributed by atoms with Gasteiger partial charge in [0.2, 0.25) is 0 Å². The molecule has 0 saturated heterocycles. The molecule has 2 heteroatoms. The first-order chi connectivity index (χ1) is 15.5. The van der Waals surface area contributed by atoms with Crippen LogP contribution in [0.5, 0.6) is 0 Å². The summed E-state index contributed by atoms with van der Waals surface area (Å²) >= 11 is 0. The van der Waals surface area contributed by atoms with Crippen LogP contribution in [-0.2, 0) is 9.53 Å². The van der Waals surface area contributed by atoms with Crippen molar-refractivity contribution in [3.05, 3.63) is 23.8 Å². The lowest BCUT2D eigenvalue weighted by Gasteiger charge is -2.69. The number of esters is 1. The fourth-order valence-electron chi connectivity index (χ4n) is 9.02. The number of carbonyl (C=O) groups excluding carboxylic acids is 1. The van der Waals surface area contributed by atoms with E-state index in [1.54, 1.807) is 0 Å². The number of allylic oxidation sites excluding steroid dienone is 3. The molecule has 1 spiro atoms. The summed E-state index contributed by atoms with van der Waals surface area (Å²) in [6, 6.07) is 0. The second-order valence-electron chi connectivity index (χ2n) is 13.9. The molecule has 5 aliphatic rings. The van der Waals surface area contributed by atoms with Gasteiger partial charge in [0.15, 0.2) is 0 Å². The van der Waals surface area contributed by atoms with E-state index in [0.717, 1.165) is 24.7 Å². The summed E-state index contributed by atoms with van der Waals surface area (Å²) in [7, 11) is 0. The minimum Gasteiger partial charge on any atom is -0.458 e. The first kappa shape index (κ1) is 23.7. The molecular formula is C31H48O2. The molecule has 0 amide bonds. The third kappa shape index (κ3) is 3.28. The van der Waals surface area contributed by atoms with Crippen LogP contribution < -0.4 is 0 Å². The molecule has 0 aromatic carbocycles. The van der Waals surface area contributed by atoms with Crippen LogP contribution in [0.2, 0.25) is 0 Å². The molecule has 0 aliphatic heterocycles. The van der Waals surface area contributed by atoms with Crippen LogP contribution in [0.3, 0.4) is 0 Å². The first-order valence-electron chi connectivity index (χ1n) is 14.1. The predicted molar refractivity (Wildman–Crippen MR) is 136 cm³/mol. The van der Waals surface area contributed by atoms with Crippen LogP contribution >= 0.6 is 0 Å². The van der Waals surface area contributed by atoms with Crippen LogP contribution in [0.1, 0.15) is 106 Å². The number of hydrogen-bond donors (Lipinski definition) is 0. The van der Waals surface area contributed by atoms with E-state index in [9.17, 15) is 4.79 Å². The Balaban J connectivity index is 1.28. The van der Waals surface area contributed by atoms with E-state index in [1.807, 2.05) is 0 Å². The van der Waals surface area contributed by atoms with E-state index in [1.165, 1.54) is 50.5 Å². The van der Waals surface area contributed by atoms with Gasteiger partial charge in [0.25, 0.3) is 0 Å². The molecule has 4 saturated carbocycles. The Morgan fingerprint density at radius 1 is 1.06 bits per heavy atom. The molecule has 0 radical (unpaired) electrons. The van der Waals surface area contributed by atoms with Crippen LogP contribution in [0.4, 0.5) is 0 Å². The normalized spacial score (nSPS) is 41.7. The Bertz CT molecular complexity index is 862. The van der Waals surface area contributed by atoms with Crippen molar-refractivity contribution in [2.45, 2.75) is 112 Å². The maximum absolute atomic E-state index is 13.5. The molecule has 5 rings (SSSR count). The van der Waals surface area contributed by atoms with Gasteiger partial charge >= 0.3 is 5.97 Å². The Kier molecular flexibility index (Phi) is 5.54. The highest BCUT2D eigenvalue weighted by Crippen LogP contribution is 2.84. The highest BCUT2D eigenvalue weighted by Gasteiger charge is 2.81. The smallest absolute Gasteiger partial charge is 0.313 e. The maximum Gasteiger partial charge on any atom is 0.313 e. The molecule has 184 valence electrons. The largest absolute Gasteiger partial charge is 0.458 e. The average Bonchev–Trinajstić information content (AvgIpc) is 3.28. The fraction of sp³-hybridized carbons (Fsp3) is 0.839. The number of carbonyl (C=O) groups is 1. The van der Waals surface area contributed by atoms with Crippen molar-refractivity contribution in [3.63, 3.8) is 0 Å². The molecule has 8 unspecified atom stereocenters. The highest BCUT2D eigenvalue weighted by atomic mass is 16.6. The molecule has 0 aromatic heterocycles. The number of fused-ring (bicyclic) bond motifs is 1. The summed E-state index contributed by atoms with van der Waals surface area (Å²) in [5.74, 6) is 3.66. The summed E-state index contributed by atoms with van der Waals surface area (Å²) in [6.45, 7) is 16.5. The zero-order chi connectivity index (χ0) is 23.8. The third-order valence-electron chi connectivity index (χ3n) is 12.0. The monoisotopic (exact) mass is 452 g/mol. The second-order valence-corrected chi connectivity index (χ2v) is 13.9. The van der Waals surface area contributed by atoms with Gasteiger partial charge in [-0.05, 0) is 90.4 Å². The molecule has 8 atom stereocenters. The van der Waals surface area contributed by atoms with E-state index < -0.39 is 0 Å². The Morgan fingerprint density at radius 3 is 2.30 bits per heavy atom. The van der Waals surface area contributed by atoms with E-state index in [2.05, 4.69) is 66.7 Å². The minimum atomic E-state index is -0.153. The number of ether oxygens (including phenoxy) is 1. The Hall–Kier alpha value is -1.05. The van der Waals surface area contributed by atoms with Gasteiger partial charge in [-0.2, -0.15) is 0 Å². The topological polar surface area (TPSA) is 26.3 Å². The first-order valence-corrected chi connectivity index (χ1v) is 14.1. The summed E-state index contributed by atoms with van der Waals surface area (Å²) in [4.78, 5) is 13.5. The Labute approximate surface area is 203 Å². The van der Waals surface area contributed by atoms with E-state index >= 15 is 0 Å². The summed E-state index contributed by atoms with van der Waals surface area (Å²) in [6.07, 6.45) is 17.6. The average molecular weight is 453 g/mol. The highest BCUT2D eigenvalue weighted by molar-refractivity contribution is 5.76. The Morgan fingerprint density at radius 2 is 1.76 bits per heavy atom. The van der Waals surface area contributed by atoms with Gasteiger partial charge in [0.05, 0.1) is 5.92 Å². The van der Waals surface area contributed by atoms with Gasteiger partial charge in [0, 0.05) is 5.92 Å². The van der Waals surface area contributed by atoms with Gasteiger partial charge in [-0.1, -0.05) is 79.5 Å². The third-order valence-corrected chi connectivity index (χ3v) is 12.0. The van der Waals surface area contributed by atoms with Crippen LogP contribution in [0, 0.1) is 51.8 Å². The quantitative estimate of drug-likeness (QED) is 0.330. The molecule has 2 bridgehead atoms. The lowest BCUT2D eigenvalue weighted by atomic mass is 9.36. The molecule has 0 heterocycles. The van der Waals surface area contributed by atoms with Crippen molar-refractivity contribution in [1.82, 2.24) is 0 Å². The second kappa shape index (κ2) is 7.72. The van der Waals surface area contributed by atoms with E-state index in [0.29, 0.717) is 28.6 Å². The number of hydrogen-bond acceptors (Lipinski definition) is 2. The molecular weight excluding hydrogens is 404 g/mol. The van der Waals surface area contributed by atoms with Crippen molar-refractivity contribution in [2.24, 2.45) is 51.8 Å². The fourth-order valence-corrected chi connectivity index (χ4v) is 9.02. The zero-order valence-electron chi connectivity index (χ0n) is 22.4. The molecule has 33 heavy (non-hydrogen) atoms. The standard InChI is InChI=1S/C31H48O2/c1-8-28(4,5)19-25(29(6,7)9-2)20-11-13-21(14-12-20)27(32)33-31(10-3)24-16-22-15-23-17-26(31)30(22,23)18-24/h11-13,21-26H,8-10,14-19H2,1-7H3. The van der Waals surface area contributed by atoms with Crippen LogP contribution in [0.25, 0.3) is 0 Å². The molecule has 5 aliphatic carbocycles. The summed E-state index contributed by atoms with van der Waals surface area (Å²) in [5, 5.41) is 0. The van der Waals surface area contributed by atoms with E-state index in [-0.39, 0.29) is 22.9 Å². The summed E-state index contributed by atoms with van der Waals surface area (Å²) in [5.41, 5.74) is 2.46. The van der Waals surface area contributed by atoms with E-state index in [4.69, 9.17) is 4.74 Å². The number of rotatable bonds is 9.